The van der Waals surface area contributed by atoms with E-state index in [1.807, 2.05) is 48.5 Å². The molecule has 0 fully saturated rings. The Morgan fingerprint density at radius 1 is 0.900 bits per heavy atom. The number of ether oxygens (including phenoxy) is 2. The van der Waals surface area contributed by atoms with E-state index in [4.69, 9.17) is 14.7 Å². The second kappa shape index (κ2) is 7.98. The molecule has 2 aromatic carbocycles. The van der Waals surface area contributed by atoms with Crippen molar-refractivity contribution < 1.29 is 9.47 Å². The van der Waals surface area contributed by atoms with E-state index in [9.17, 15) is 0 Å². The van der Waals surface area contributed by atoms with Crippen LogP contribution in [0.4, 0.5) is 0 Å². The average Bonchev–Trinajstić information content (AvgIpc) is 2.52. The first-order valence-corrected chi connectivity index (χ1v) is 6.64. The van der Waals surface area contributed by atoms with Crippen LogP contribution in [0.2, 0.25) is 0 Å². The Balaban J connectivity index is 1.64. The van der Waals surface area contributed by atoms with Crippen molar-refractivity contribution in [2.24, 2.45) is 0 Å². The van der Waals surface area contributed by atoms with Crippen molar-refractivity contribution in [1.82, 2.24) is 0 Å². The molecule has 0 radical (unpaired) electrons. The van der Waals surface area contributed by atoms with Gasteiger partial charge >= 0.3 is 0 Å². The van der Waals surface area contributed by atoms with Gasteiger partial charge in [-0.15, -0.1) is 0 Å². The summed E-state index contributed by atoms with van der Waals surface area (Å²) in [5.41, 5.74) is 1.74. The number of nitriles is 1. The molecule has 0 atom stereocenters. The number of hydrogen-bond acceptors (Lipinski definition) is 3. The van der Waals surface area contributed by atoms with Gasteiger partial charge in [-0.25, -0.2) is 0 Å². The van der Waals surface area contributed by atoms with Crippen molar-refractivity contribution >= 4 is 0 Å². The molecule has 0 spiro atoms. The summed E-state index contributed by atoms with van der Waals surface area (Å²) in [4.78, 5) is 0. The van der Waals surface area contributed by atoms with Crippen LogP contribution in [0.5, 0.6) is 5.75 Å². The molecule has 3 heteroatoms. The topological polar surface area (TPSA) is 42.2 Å². The minimum absolute atomic E-state index is 0.549. The third kappa shape index (κ3) is 4.42. The Morgan fingerprint density at radius 3 is 2.45 bits per heavy atom. The van der Waals surface area contributed by atoms with Crippen molar-refractivity contribution in [1.29, 1.82) is 5.26 Å². The molecule has 0 amide bonds. The second-order valence-electron chi connectivity index (χ2n) is 4.35. The average molecular weight is 267 g/mol. The number of rotatable bonds is 7. The molecule has 20 heavy (non-hydrogen) atoms. The highest BCUT2D eigenvalue weighted by Gasteiger charge is 2.00. The van der Waals surface area contributed by atoms with Gasteiger partial charge in [-0.1, -0.05) is 42.5 Å². The molecule has 0 aliphatic rings. The quantitative estimate of drug-likeness (QED) is 0.720. The Kier molecular flexibility index (Phi) is 5.63. The number of nitrogens with zero attached hydrogens (tertiary/aromatic N) is 1. The van der Waals surface area contributed by atoms with E-state index >= 15 is 0 Å². The highest BCUT2D eigenvalue weighted by molar-refractivity contribution is 5.42. The van der Waals surface area contributed by atoms with Crippen LogP contribution in [0.15, 0.2) is 54.6 Å². The Labute approximate surface area is 119 Å². The highest BCUT2D eigenvalue weighted by Crippen LogP contribution is 2.16. The lowest BCUT2D eigenvalue weighted by molar-refractivity contribution is 0.107. The zero-order chi connectivity index (χ0) is 14.0. The minimum Gasteiger partial charge on any atom is -0.492 e. The smallest absolute Gasteiger partial charge is 0.137 e. The first-order chi connectivity index (χ1) is 9.90. The van der Waals surface area contributed by atoms with Crippen LogP contribution in [-0.4, -0.2) is 13.2 Å². The first-order valence-electron chi connectivity index (χ1n) is 6.64. The van der Waals surface area contributed by atoms with E-state index in [2.05, 4.69) is 6.07 Å². The van der Waals surface area contributed by atoms with Crippen molar-refractivity contribution in [2.45, 2.75) is 13.0 Å². The zero-order valence-electron chi connectivity index (χ0n) is 11.3. The molecule has 0 unspecified atom stereocenters. The summed E-state index contributed by atoms with van der Waals surface area (Å²) < 4.78 is 11.1. The van der Waals surface area contributed by atoms with Gasteiger partial charge in [-0.2, -0.15) is 5.26 Å². The van der Waals surface area contributed by atoms with Crippen molar-refractivity contribution in [3.63, 3.8) is 0 Å². The van der Waals surface area contributed by atoms with E-state index in [0.717, 1.165) is 6.42 Å². The van der Waals surface area contributed by atoms with Gasteiger partial charge in [0.15, 0.2) is 0 Å². The van der Waals surface area contributed by atoms with E-state index in [1.54, 1.807) is 6.07 Å². The van der Waals surface area contributed by atoms with Gasteiger partial charge in [0.2, 0.25) is 0 Å². The molecule has 2 aromatic rings. The maximum atomic E-state index is 8.93. The molecule has 0 aliphatic heterocycles. The van der Waals surface area contributed by atoms with Crippen LogP contribution < -0.4 is 4.74 Å². The Hall–Kier alpha value is -2.31. The summed E-state index contributed by atoms with van der Waals surface area (Å²) in [6.07, 6.45) is 0.798. The van der Waals surface area contributed by atoms with Gasteiger partial charge in [0, 0.05) is 6.42 Å². The SMILES string of the molecule is N#Cc1ccccc1OCCCOCc1ccccc1. The number of para-hydroxylation sites is 1. The van der Waals surface area contributed by atoms with E-state index < -0.39 is 0 Å². The molecule has 0 bridgehead atoms. The van der Waals surface area contributed by atoms with Crippen molar-refractivity contribution in [2.75, 3.05) is 13.2 Å². The summed E-state index contributed by atoms with van der Waals surface area (Å²) in [6.45, 7) is 1.81. The summed E-state index contributed by atoms with van der Waals surface area (Å²) in [7, 11) is 0. The number of benzene rings is 2. The van der Waals surface area contributed by atoms with Crippen molar-refractivity contribution in [3.8, 4) is 11.8 Å². The van der Waals surface area contributed by atoms with Crippen LogP contribution in [0.3, 0.4) is 0 Å². The summed E-state index contributed by atoms with van der Waals surface area (Å²) in [5, 5.41) is 8.93. The second-order valence-corrected chi connectivity index (χ2v) is 4.35. The van der Waals surface area contributed by atoms with Gasteiger partial charge in [0.05, 0.1) is 25.4 Å². The third-order valence-corrected chi connectivity index (χ3v) is 2.81. The molecule has 0 saturated carbocycles. The predicted octanol–water partition coefficient (Wildman–Crippen LogP) is 3.54. The summed E-state index contributed by atoms with van der Waals surface area (Å²) >= 11 is 0. The van der Waals surface area contributed by atoms with E-state index in [1.165, 1.54) is 5.56 Å². The molecule has 0 aromatic heterocycles. The fourth-order valence-electron chi connectivity index (χ4n) is 1.79. The molecular formula is C17H17NO2. The van der Waals surface area contributed by atoms with Gasteiger partial charge < -0.3 is 9.47 Å². The van der Waals surface area contributed by atoms with E-state index in [-0.39, 0.29) is 0 Å². The monoisotopic (exact) mass is 267 g/mol. The molecular weight excluding hydrogens is 250 g/mol. The third-order valence-electron chi connectivity index (χ3n) is 2.81. The molecule has 0 heterocycles. The van der Waals surface area contributed by atoms with Crippen LogP contribution in [0.25, 0.3) is 0 Å². The lowest BCUT2D eigenvalue weighted by Crippen LogP contribution is -2.04. The number of hydrogen-bond donors (Lipinski definition) is 0. The van der Waals surface area contributed by atoms with Crippen LogP contribution in [-0.2, 0) is 11.3 Å². The van der Waals surface area contributed by atoms with Gasteiger partial charge in [-0.05, 0) is 17.7 Å². The molecule has 102 valence electrons. The van der Waals surface area contributed by atoms with Gasteiger partial charge in [0.25, 0.3) is 0 Å². The normalized spacial score (nSPS) is 9.95. The lowest BCUT2D eigenvalue weighted by Gasteiger charge is -2.08. The summed E-state index contributed by atoms with van der Waals surface area (Å²) in [5.74, 6) is 0.637. The molecule has 0 saturated heterocycles. The van der Waals surface area contributed by atoms with Crippen LogP contribution >= 0.6 is 0 Å². The fourth-order valence-corrected chi connectivity index (χ4v) is 1.79. The molecule has 0 aliphatic carbocycles. The minimum atomic E-state index is 0.549. The van der Waals surface area contributed by atoms with Gasteiger partial charge in [0.1, 0.15) is 11.8 Å². The van der Waals surface area contributed by atoms with Gasteiger partial charge in [-0.3, -0.25) is 0 Å². The summed E-state index contributed by atoms with van der Waals surface area (Å²) in [6, 6.07) is 19.4. The van der Waals surface area contributed by atoms with E-state index in [0.29, 0.717) is 31.1 Å². The van der Waals surface area contributed by atoms with Crippen molar-refractivity contribution in [3.05, 3.63) is 65.7 Å². The zero-order valence-corrected chi connectivity index (χ0v) is 11.3. The maximum Gasteiger partial charge on any atom is 0.137 e. The van der Waals surface area contributed by atoms with Crippen LogP contribution in [0, 0.1) is 11.3 Å². The van der Waals surface area contributed by atoms with Crippen LogP contribution in [0.1, 0.15) is 17.5 Å². The highest BCUT2D eigenvalue weighted by atomic mass is 16.5. The molecule has 2 rings (SSSR count). The largest absolute Gasteiger partial charge is 0.492 e. The first kappa shape index (κ1) is 14.1. The fraction of sp³-hybridized carbons (Fsp3) is 0.235. The molecule has 3 nitrogen and oxygen atoms in total. The Bertz CT molecular complexity index is 561. The molecule has 0 N–H and O–H groups in total. The Morgan fingerprint density at radius 2 is 1.65 bits per heavy atom. The lowest BCUT2D eigenvalue weighted by atomic mass is 10.2. The standard InChI is InChI=1S/C17H17NO2/c18-13-16-9-4-5-10-17(16)20-12-6-11-19-14-15-7-2-1-3-8-15/h1-5,7-10H,6,11-12,14H2. The predicted molar refractivity (Wildman–Crippen MR) is 77.4 cm³/mol. The maximum absolute atomic E-state index is 8.93.